The lowest BCUT2D eigenvalue weighted by Crippen LogP contribution is -2.37. The maximum Gasteiger partial charge on any atom is 0.317 e. The minimum atomic E-state index is -0.0633. The summed E-state index contributed by atoms with van der Waals surface area (Å²) in [7, 11) is 1.81. The number of hydrogen-bond acceptors (Lipinski definition) is 3. The molecule has 5 nitrogen and oxygen atoms in total. The number of carbonyl (C=O) groups is 1. The highest BCUT2D eigenvalue weighted by Crippen LogP contribution is 2.22. The molecule has 0 aliphatic carbocycles. The summed E-state index contributed by atoms with van der Waals surface area (Å²) in [5.41, 5.74) is 2.22. The van der Waals surface area contributed by atoms with Crippen LogP contribution in [0.5, 0.6) is 0 Å². The summed E-state index contributed by atoms with van der Waals surface area (Å²) in [6.07, 6.45) is 2.99. The van der Waals surface area contributed by atoms with Crippen molar-refractivity contribution >= 4 is 38.5 Å². The van der Waals surface area contributed by atoms with Crippen molar-refractivity contribution in [1.82, 2.24) is 19.8 Å². The normalized spacial score (nSPS) is 11.1. The topological polar surface area (TPSA) is 50.2 Å². The van der Waals surface area contributed by atoms with E-state index < -0.39 is 0 Å². The quantitative estimate of drug-likeness (QED) is 0.503. The molecule has 6 heteroatoms. The lowest BCUT2D eigenvalue weighted by Gasteiger charge is -2.16. The van der Waals surface area contributed by atoms with Crippen molar-refractivity contribution in [3.05, 3.63) is 65.8 Å². The van der Waals surface area contributed by atoms with Crippen LogP contribution in [0.25, 0.3) is 21.1 Å². The van der Waals surface area contributed by atoms with E-state index in [1.165, 1.54) is 10.9 Å². The molecule has 4 rings (SSSR count). The first-order valence-electron chi connectivity index (χ1n) is 9.08. The van der Waals surface area contributed by atoms with Crippen molar-refractivity contribution in [2.45, 2.75) is 19.5 Å². The fourth-order valence-corrected chi connectivity index (χ4v) is 4.20. The Morgan fingerprint density at radius 2 is 1.96 bits per heavy atom. The number of carbonyl (C=O) groups excluding carboxylic acids is 1. The minimum Gasteiger partial charge on any atom is -0.347 e. The molecule has 0 fully saturated rings. The van der Waals surface area contributed by atoms with Crippen molar-refractivity contribution in [1.29, 1.82) is 0 Å². The Bertz CT molecular complexity index is 1040. The maximum atomic E-state index is 12.3. The van der Waals surface area contributed by atoms with Gasteiger partial charge in [-0.15, -0.1) is 11.3 Å². The number of aryl methyl sites for hydroxylation is 1. The van der Waals surface area contributed by atoms with Gasteiger partial charge in [-0.3, -0.25) is 0 Å². The van der Waals surface area contributed by atoms with Crippen molar-refractivity contribution in [3.8, 4) is 0 Å². The SMILES string of the molecule is CN(Cc1nc2ccccc2s1)C(=O)NCCCn1ccc2ccccc21. The standard InChI is InChI=1S/C21H22N4OS/c1-24(15-20-23-17-8-3-5-10-19(17)27-20)21(26)22-12-6-13-25-14-11-16-7-2-4-9-18(16)25/h2-5,7-11,14H,6,12-13,15H2,1H3,(H,22,26). The Kier molecular flexibility index (Phi) is 5.07. The van der Waals surface area contributed by atoms with Gasteiger partial charge in [0, 0.05) is 31.9 Å². The van der Waals surface area contributed by atoms with Crippen molar-refractivity contribution in [3.63, 3.8) is 0 Å². The largest absolute Gasteiger partial charge is 0.347 e. The zero-order valence-electron chi connectivity index (χ0n) is 15.3. The number of nitrogens with one attached hydrogen (secondary N) is 1. The zero-order chi connectivity index (χ0) is 18.6. The molecule has 0 saturated heterocycles. The summed E-state index contributed by atoms with van der Waals surface area (Å²) in [6.45, 7) is 2.05. The second-order valence-electron chi connectivity index (χ2n) is 6.58. The van der Waals surface area contributed by atoms with E-state index in [0.717, 1.165) is 28.2 Å². The summed E-state index contributed by atoms with van der Waals surface area (Å²) in [5, 5.41) is 5.20. The summed E-state index contributed by atoms with van der Waals surface area (Å²) in [5.74, 6) is 0. The first-order valence-corrected chi connectivity index (χ1v) is 9.89. The number of urea groups is 1. The molecule has 2 heterocycles. The van der Waals surface area contributed by atoms with E-state index in [9.17, 15) is 4.79 Å². The van der Waals surface area contributed by atoms with Gasteiger partial charge < -0.3 is 14.8 Å². The van der Waals surface area contributed by atoms with E-state index >= 15 is 0 Å². The van der Waals surface area contributed by atoms with Gasteiger partial charge in [0.1, 0.15) is 5.01 Å². The van der Waals surface area contributed by atoms with Gasteiger partial charge in [0.15, 0.2) is 0 Å². The number of rotatable bonds is 6. The lowest BCUT2D eigenvalue weighted by molar-refractivity contribution is 0.206. The number of thiazole rings is 1. The third-order valence-corrected chi connectivity index (χ3v) is 5.61. The molecule has 2 aromatic heterocycles. The summed E-state index contributed by atoms with van der Waals surface area (Å²) >= 11 is 1.63. The third-order valence-electron chi connectivity index (χ3n) is 4.59. The molecule has 0 atom stereocenters. The third kappa shape index (κ3) is 3.95. The van der Waals surface area contributed by atoms with Crippen molar-refractivity contribution in [2.24, 2.45) is 0 Å². The average molecular weight is 379 g/mol. The van der Waals surface area contributed by atoms with Gasteiger partial charge in [-0.25, -0.2) is 9.78 Å². The molecule has 138 valence electrons. The molecular weight excluding hydrogens is 356 g/mol. The van der Waals surface area contributed by atoms with Gasteiger partial charge in [0.2, 0.25) is 0 Å². The number of fused-ring (bicyclic) bond motifs is 2. The van der Waals surface area contributed by atoms with Crippen LogP contribution in [0.2, 0.25) is 0 Å². The van der Waals surface area contributed by atoms with Gasteiger partial charge in [-0.2, -0.15) is 0 Å². The first-order chi connectivity index (χ1) is 13.2. The molecular formula is C21H22N4OS. The van der Waals surface area contributed by atoms with Crippen LogP contribution in [-0.4, -0.2) is 34.1 Å². The molecule has 0 radical (unpaired) electrons. The first kappa shape index (κ1) is 17.5. The molecule has 0 bridgehead atoms. The van der Waals surface area contributed by atoms with Crippen LogP contribution in [0.3, 0.4) is 0 Å². The Morgan fingerprint density at radius 3 is 2.85 bits per heavy atom. The molecule has 4 aromatic rings. The van der Waals surface area contributed by atoms with E-state index in [1.807, 2.05) is 24.3 Å². The van der Waals surface area contributed by atoms with Crippen molar-refractivity contribution in [2.75, 3.05) is 13.6 Å². The number of nitrogens with zero attached hydrogens (tertiary/aromatic N) is 3. The Labute approximate surface area is 162 Å². The fourth-order valence-electron chi connectivity index (χ4n) is 3.18. The highest BCUT2D eigenvalue weighted by atomic mass is 32.1. The number of hydrogen-bond donors (Lipinski definition) is 1. The van der Waals surface area contributed by atoms with Crippen LogP contribution < -0.4 is 5.32 Å². The predicted octanol–water partition coefficient (Wildman–Crippen LogP) is 4.48. The Balaban J connectivity index is 1.26. The summed E-state index contributed by atoms with van der Waals surface area (Å²) in [4.78, 5) is 18.6. The Morgan fingerprint density at radius 1 is 1.15 bits per heavy atom. The van der Waals surface area contributed by atoms with Gasteiger partial charge in [0.25, 0.3) is 0 Å². The molecule has 2 amide bonds. The van der Waals surface area contributed by atoms with E-state index in [2.05, 4.69) is 51.4 Å². The highest BCUT2D eigenvalue weighted by Gasteiger charge is 2.11. The number of amides is 2. The molecule has 0 aliphatic heterocycles. The molecule has 0 aliphatic rings. The van der Waals surface area contributed by atoms with Crippen LogP contribution in [-0.2, 0) is 13.1 Å². The number of aromatic nitrogens is 2. The van der Waals surface area contributed by atoms with E-state index in [0.29, 0.717) is 13.1 Å². The summed E-state index contributed by atoms with van der Waals surface area (Å²) < 4.78 is 3.38. The Hall–Kier alpha value is -2.86. The maximum absolute atomic E-state index is 12.3. The predicted molar refractivity (Wildman–Crippen MR) is 111 cm³/mol. The average Bonchev–Trinajstić information content (AvgIpc) is 3.28. The molecule has 0 spiro atoms. The zero-order valence-corrected chi connectivity index (χ0v) is 16.1. The monoisotopic (exact) mass is 378 g/mol. The van der Waals surface area contributed by atoms with E-state index in [-0.39, 0.29) is 6.03 Å². The molecule has 1 N–H and O–H groups in total. The number of para-hydroxylation sites is 2. The van der Waals surface area contributed by atoms with Gasteiger partial charge in [-0.05, 0) is 36.1 Å². The molecule has 0 unspecified atom stereocenters. The lowest BCUT2D eigenvalue weighted by atomic mass is 10.2. The van der Waals surface area contributed by atoms with E-state index in [1.54, 1.807) is 23.3 Å². The van der Waals surface area contributed by atoms with Crippen LogP contribution in [0.1, 0.15) is 11.4 Å². The highest BCUT2D eigenvalue weighted by molar-refractivity contribution is 7.18. The number of benzene rings is 2. The second-order valence-corrected chi connectivity index (χ2v) is 7.70. The van der Waals surface area contributed by atoms with E-state index in [4.69, 9.17) is 0 Å². The fraction of sp³-hybridized carbons (Fsp3) is 0.238. The molecule has 0 saturated carbocycles. The van der Waals surface area contributed by atoms with Gasteiger partial charge >= 0.3 is 6.03 Å². The van der Waals surface area contributed by atoms with Crippen LogP contribution in [0, 0.1) is 0 Å². The van der Waals surface area contributed by atoms with Crippen LogP contribution >= 0.6 is 11.3 Å². The van der Waals surface area contributed by atoms with Crippen LogP contribution in [0.15, 0.2) is 60.8 Å². The van der Waals surface area contributed by atoms with Crippen LogP contribution in [0.4, 0.5) is 4.79 Å². The molecule has 27 heavy (non-hydrogen) atoms. The minimum absolute atomic E-state index is 0.0633. The smallest absolute Gasteiger partial charge is 0.317 e. The van der Waals surface area contributed by atoms with Crippen molar-refractivity contribution < 1.29 is 4.79 Å². The van der Waals surface area contributed by atoms with Gasteiger partial charge in [-0.1, -0.05) is 30.3 Å². The summed E-state index contributed by atoms with van der Waals surface area (Å²) in [6, 6.07) is 18.5. The molecule has 2 aromatic carbocycles. The second kappa shape index (κ2) is 7.80. The van der Waals surface area contributed by atoms with Gasteiger partial charge in [0.05, 0.1) is 16.8 Å².